The zero-order chi connectivity index (χ0) is 15.8. The van der Waals surface area contributed by atoms with Gasteiger partial charge in [-0.2, -0.15) is 0 Å². The van der Waals surface area contributed by atoms with Gasteiger partial charge < -0.3 is 15.4 Å². The molecule has 2 N–H and O–H groups in total. The Morgan fingerprint density at radius 1 is 1.36 bits per heavy atom. The van der Waals surface area contributed by atoms with Gasteiger partial charge in [-0.1, -0.05) is 6.42 Å². The summed E-state index contributed by atoms with van der Waals surface area (Å²) in [5, 5.41) is 6.77. The molecule has 2 aliphatic carbocycles. The molecule has 2 saturated carbocycles. The van der Waals surface area contributed by atoms with Crippen LogP contribution < -0.4 is 10.6 Å². The van der Waals surface area contributed by atoms with Crippen LogP contribution in [0.25, 0.3) is 0 Å². The van der Waals surface area contributed by atoms with E-state index in [0.717, 1.165) is 19.0 Å². The molecule has 1 saturated heterocycles. The molecule has 3 atom stereocenters. The van der Waals surface area contributed by atoms with Crippen LogP contribution in [-0.4, -0.2) is 57.7 Å². The molecule has 3 rings (SSSR count). The average molecular weight is 329 g/mol. The minimum absolute atomic E-state index is 0.0173. The lowest BCUT2D eigenvalue weighted by atomic mass is 9.51. The van der Waals surface area contributed by atoms with E-state index >= 15 is 0 Å². The standard InChI is InChI=1S/C15H27N3O3S/c1-3-21-13-9-12(15(13)6-4-7-15)18-14(16-2)17-11-5-8-22(19,20)10-11/h11-13H,3-10H2,1-2H3,(H2,16,17,18). The van der Waals surface area contributed by atoms with E-state index in [0.29, 0.717) is 18.6 Å². The van der Waals surface area contributed by atoms with Crippen molar-refractivity contribution in [3.05, 3.63) is 0 Å². The fraction of sp³-hybridized carbons (Fsp3) is 0.933. The Balaban J connectivity index is 1.56. The number of rotatable bonds is 4. The molecule has 0 aromatic rings. The summed E-state index contributed by atoms with van der Waals surface area (Å²) in [6.45, 7) is 2.82. The highest BCUT2D eigenvalue weighted by Crippen LogP contribution is 2.57. The normalized spacial score (nSPS) is 35.7. The molecule has 126 valence electrons. The van der Waals surface area contributed by atoms with E-state index in [-0.39, 0.29) is 23.0 Å². The van der Waals surface area contributed by atoms with Gasteiger partial charge in [0.2, 0.25) is 0 Å². The van der Waals surface area contributed by atoms with E-state index in [4.69, 9.17) is 4.74 Å². The Bertz CT molecular complexity index is 542. The molecule has 0 radical (unpaired) electrons. The first-order valence-electron chi connectivity index (χ1n) is 8.31. The smallest absolute Gasteiger partial charge is 0.191 e. The third-order valence-corrected chi connectivity index (χ3v) is 7.31. The molecule has 22 heavy (non-hydrogen) atoms. The van der Waals surface area contributed by atoms with Crippen LogP contribution in [0.5, 0.6) is 0 Å². The maximum Gasteiger partial charge on any atom is 0.191 e. The SMILES string of the molecule is CCOC1CC(NC(=NC)NC2CCS(=O)(=O)C2)C12CCC2. The van der Waals surface area contributed by atoms with Gasteiger partial charge in [0, 0.05) is 31.2 Å². The molecular weight excluding hydrogens is 302 g/mol. The molecule has 3 aliphatic rings. The fourth-order valence-electron chi connectivity index (χ4n) is 4.08. The van der Waals surface area contributed by atoms with Gasteiger partial charge in [0.1, 0.15) is 0 Å². The minimum atomic E-state index is -2.87. The van der Waals surface area contributed by atoms with Gasteiger partial charge in [-0.25, -0.2) is 8.42 Å². The number of ether oxygens (including phenoxy) is 1. The first-order valence-corrected chi connectivity index (χ1v) is 10.1. The summed E-state index contributed by atoms with van der Waals surface area (Å²) in [7, 11) is -1.13. The van der Waals surface area contributed by atoms with Crippen LogP contribution in [-0.2, 0) is 14.6 Å². The van der Waals surface area contributed by atoms with Gasteiger partial charge in [-0.05, 0) is 32.6 Å². The largest absolute Gasteiger partial charge is 0.378 e. The fourth-order valence-corrected chi connectivity index (χ4v) is 5.75. The van der Waals surface area contributed by atoms with Crippen LogP contribution >= 0.6 is 0 Å². The molecule has 3 fully saturated rings. The van der Waals surface area contributed by atoms with E-state index in [2.05, 4.69) is 15.6 Å². The molecule has 0 aromatic carbocycles. The molecule has 0 aromatic heterocycles. The van der Waals surface area contributed by atoms with E-state index in [1.165, 1.54) is 19.3 Å². The van der Waals surface area contributed by atoms with Gasteiger partial charge in [-0.15, -0.1) is 0 Å². The molecule has 1 spiro atoms. The highest BCUT2D eigenvalue weighted by Gasteiger charge is 2.59. The Kier molecular flexibility index (Phi) is 4.38. The van der Waals surface area contributed by atoms with Crippen LogP contribution in [0.4, 0.5) is 0 Å². The Morgan fingerprint density at radius 3 is 2.64 bits per heavy atom. The van der Waals surface area contributed by atoms with Crippen LogP contribution in [0, 0.1) is 5.41 Å². The lowest BCUT2D eigenvalue weighted by Gasteiger charge is -2.61. The number of hydrogen-bond donors (Lipinski definition) is 2. The second kappa shape index (κ2) is 6.00. The summed E-state index contributed by atoms with van der Waals surface area (Å²) in [6.07, 6.45) is 5.75. The van der Waals surface area contributed by atoms with Gasteiger partial charge >= 0.3 is 0 Å². The van der Waals surface area contributed by atoms with Crippen LogP contribution in [0.15, 0.2) is 4.99 Å². The molecular formula is C15H27N3O3S. The number of hydrogen-bond acceptors (Lipinski definition) is 4. The second-order valence-electron chi connectivity index (χ2n) is 6.78. The maximum atomic E-state index is 11.6. The molecule has 0 amide bonds. The van der Waals surface area contributed by atoms with Crippen molar-refractivity contribution in [2.24, 2.45) is 10.4 Å². The zero-order valence-corrected chi connectivity index (χ0v) is 14.3. The number of nitrogens with zero attached hydrogens (tertiary/aromatic N) is 1. The third-order valence-electron chi connectivity index (χ3n) is 5.55. The van der Waals surface area contributed by atoms with Crippen molar-refractivity contribution in [1.82, 2.24) is 10.6 Å². The summed E-state index contributed by atoms with van der Waals surface area (Å²) in [5.74, 6) is 1.22. The summed E-state index contributed by atoms with van der Waals surface area (Å²) >= 11 is 0. The zero-order valence-electron chi connectivity index (χ0n) is 13.5. The van der Waals surface area contributed by atoms with E-state index < -0.39 is 9.84 Å². The first kappa shape index (κ1) is 16.1. The monoisotopic (exact) mass is 329 g/mol. The Hall–Kier alpha value is -0.820. The summed E-state index contributed by atoms with van der Waals surface area (Å²) in [4.78, 5) is 4.27. The number of nitrogens with one attached hydrogen (secondary N) is 2. The van der Waals surface area contributed by atoms with Crippen molar-refractivity contribution in [3.63, 3.8) is 0 Å². The van der Waals surface area contributed by atoms with Crippen molar-refractivity contribution in [1.29, 1.82) is 0 Å². The van der Waals surface area contributed by atoms with E-state index in [1.54, 1.807) is 7.05 Å². The van der Waals surface area contributed by atoms with Crippen molar-refractivity contribution >= 4 is 15.8 Å². The predicted molar refractivity (Wildman–Crippen MR) is 86.8 cm³/mol. The van der Waals surface area contributed by atoms with E-state index in [1.807, 2.05) is 6.92 Å². The lowest BCUT2D eigenvalue weighted by molar-refractivity contribution is -0.168. The average Bonchev–Trinajstić information content (AvgIpc) is 2.73. The highest BCUT2D eigenvalue weighted by molar-refractivity contribution is 7.91. The summed E-state index contributed by atoms with van der Waals surface area (Å²) < 4.78 is 29.0. The molecule has 3 unspecified atom stereocenters. The van der Waals surface area contributed by atoms with Crippen molar-refractivity contribution in [2.45, 2.75) is 57.2 Å². The van der Waals surface area contributed by atoms with Crippen LogP contribution in [0.2, 0.25) is 0 Å². The molecule has 6 nitrogen and oxygen atoms in total. The van der Waals surface area contributed by atoms with Crippen molar-refractivity contribution in [2.75, 3.05) is 25.2 Å². The topological polar surface area (TPSA) is 79.8 Å². The van der Waals surface area contributed by atoms with Crippen molar-refractivity contribution < 1.29 is 13.2 Å². The second-order valence-corrected chi connectivity index (χ2v) is 9.01. The maximum absolute atomic E-state index is 11.6. The first-order chi connectivity index (χ1) is 10.5. The molecule has 1 aliphatic heterocycles. The number of sulfone groups is 1. The highest BCUT2D eigenvalue weighted by atomic mass is 32.2. The Labute approximate surface area is 133 Å². The quantitative estimate of drug-likeness (QED) is 0.586. The number of guanidine groups is 1. The lowest BCUT2D eigenvalue weighted by Crippen LogP contribution is -2.69. The van der Waals surface area contributed by atoms with Gasteiger partial charge in [0.25, 0.3) is 0 Å². The van der Waals surface area contributed by atoms with Crippen LogP contribution in [0.1, 0.15) is 39.0 Å². The minimum Gasteiger partial charge on any atom is -0.378 e. The van der Waals surface area contributed by atoms with Crippen LogP contribution in [0.3, 0.4) is 0 Å². The molecule has 0 bridgehead atoms. The third kappa shape index (κ3) is 2.85. The Morgan fingerprint density at radius 2 is 2.14 bits per heavy atom. The predicted octanol–water partition coefficient (Wildman–Crippen LogP) is 0.686. The number of aliphatic imine (C=N–C) groups is 1. The van der Waals surface area contributed by atoms with Gasteiger partial charge in [0.05, 0.1) is 17.6 Å². The van der Waals surface area contributed by atoms with Gasteiger partial charge in [0.15, 0.2) is 15.8 Å². The summed E-state index contributed by atoms with van der Waals surface area (Å²) in [5.41, 5.74) is 0.273. The van der Waals surface area contributed by atoms with Gasteiger partial charge in [-0.3, -0.25) is 4.99 Å². The van der Waals surface area contributed by atoms with Crippen molar-refractivity contribution in [3.8, 4) is 0 Å². The summed E-state index contributed by atoms with van der Waals surface area (Å²) in [6, 6.07) is 0.373. The van der Waals surface area contributed by atoms with E-state index in [9.17, 15) is 8.42 Å². The molecule has 1 heterocycles. The molecule has 7 heteroatoms.